The van der Waals surface area contributed by atoms with Crippen molar-refractivity contribution < 1.29 is 13.2 Å². The van der Waals surface area contributed by atoms with Crippen molar-refractivity contribution in [3.63, 3.8) is 0 Å². The van der Waals surface area contributed by atoms with Crippen LogP contribution in [0.25, 0.3) is 11.4 Å². The largest absolute Gasteiger partial charge is 0.416 e. The van der Waals surface area contributed by atoms with Crippen molar-refractivity contribution in [1.82, 2.24) is 9.55 Å². The van der Waals surface area contributed by atoms with Crippen LogP contribution in [0.1, 0.15) is 16.7 Å². The molecular weight excluding hydrogens is 428 g/mol. The standard InChI is InChI=1S/C18H14F3IN2/c1-12-4-2-3-5-14(12)11-24-16(22)10-23-17(24)13-6-8-15(9-7-13)18(19,20)21/h2-10H,11H2,1H3. The van der Waals surface area contributed by atoms with Crippen molar-refractivity contribution in [3.8, 4) is 11.4 Å². The van der Waals surface area contributed by atoms with Crippen LogP contribution in [-0.2, 0) is 12.7 Å². The number of hydrogen-bond acceptors (Lipinski definition) is 1. The fourth-order valence-electron chi connectivity index (χ4n) is 2.50. The average Bonchev–Trinajstić information content (AvgIpc) is 2.90. The summed E-state index contributed by atoms with van der Waals surface area (Å²) in [5, 5.41) is 0. The monoisotopic (exact) mass is 442 g/mol. The number of rotatable bonds is 3. The van der Waals surface area contributed by atoms with E-state index in [4.69, 9.17) is 0 Å². The summed E-state index contributed by atoms with van der Waals surface area (Å²) in [6.45, 7) is 2.66. The van der Waals surface area contributed by atoms with Gasteiger partial charge in [-0.05, 0) is 52.8 Å². The van der Waals surface area contributed by atoms with Crippen LogP contribution in [0, 0.1) is 10.6 Å². The summed E-state index contributed by atoms with van der Waals surface area (Å²) in [6.07, 6.45) is -2.60. The van der Waals surface area contributed by atoms with Gasteiger partial charge in [0.15, 0.2) is 0 Å². The second-order valence-electron chi connectivity index (χ2n) is 5.49. The normalized spacial score (nSPS) is 11.7. The Morgan fingerprint density at radius 1 is 1.04 bits per heavy atom. The minimum Gasteiger partial charge on any atom is -0.315 e. The number of benzene rings is 2. The lowest BCUT2D eigenvalue weighted by atomic mass is 10.1. The van der Waals surface area contributed by atoms with Gasteiger partial charge in [0, 0.05) is 5.56 Å². The Kier molecular flexibility index (Phi) is 4.67. The Morgan fingerprint density at radius 2 is 1.71 bits per heavy atom. The van der Waals surface area contributed by atoms with Crippen LogP contribution in [0.2, 0.25) is 0 Å². The maximum atomic E-state index is 12.7. The van der Waals surface area contributed by atoms with Gasteiger partial charge in [0.1, 0.15) is 9.53 Å². The minimum atomic E-state index is -4.33. The van der Waals surface area contributed by atoms with E-state index >= 15 is 0 Å². The molecule has 1 aromatic heterocycles. The van der Waals surface area contributed by atoms with Gasteiger partial charge in [-0.3, -0.25) is 0 Å². The Hall–Kier alpha value is -1.83. The smallest absolute Gasteiger partial charge is 0.315 e. The van der Waals surface area contributed by atoms with E-state index in [1.54, 1.807) is 6.20 Å². The van der Waals surface area contributed by atoms with E-state index in [-0.39, 0.29) is 0 Å². The first-order chi connectivity index (χ1) is 11.4. The topological polar surface area (TPSA) is 17.8 Å². The van der Waals surface area contributed by atoms with Crippen molar-refractivity contribution in [2.75, 3.05) is 0 Å². The molecule has 0 amide bonds. The predicted octanol–water partition coefficient (Wildman–Crippen LogP) is 5.53. The SMILES string of the molecule is Cc1ccccc1Cn1c(I)cnc1-c1ccc(C(F)(F)F)cc1. The van der Waals surface area contributed by atoms with Gasteiger partial charge < -0.3 is 4.57 Å². The van der Waals surface area contributed by atoms with Crippen LogP contribution >= 0.6 is 22.6 Å². The van der Waals surface area contributed by atoms with Gasteiger partial charge in [-0.1, -0.05) is 36.4 Å². The molecule has 0 unspecified atom stereocenters. The van der Waals surface area contributed by atoms with Crippen molar-refractivity contribution >= 4 is 22.6 Å². The quantitative estimate of drug-likeness (QED) is 0.488. The Bertz CT molecular complexity index is 851. The molecule has 0 aliphatic rings. The van der Waals surface area contributed by atoms with E-state index in [1.165, 1.54) is 17.7 Å². The lowest BCUT2D eigenvalue weighted by Crippen LogP contribution is -2.07. The first-order valence-electron chi connectivity index (χ1n) is 7.29. The molecule has 3 aromatic rings. The van der Waals surface area contributed by atoms with E-state index < -0.39 is 11.7 Å². The molecule has 6 heteroatoms. The van der Waals surface area contributed by atoms with Gasteiger partial charge in [0.25, 0.3) is 0 Å². The van der Waals surface area contributed by atoms with Crippen LogP contribution in [-0.4, -0.2) is 9.55 Å². The van der Waals surface area contributed by atoms with Crippen LogP contribution < -0.4 is 0 Å². The van der Waals surface area contributed by atoms with E-state index in [0.29, 0.717) is 17.9 Å². The molecule has 0 saturated carbocycles. The van der Waals surface area contributed by atoms with E-state index in [9.17, 15) is 13.2 Å². The van der Waals surface area contributed by atoms with E-state index in [1.807, 2.05) is 35.8 Å². The highest BCUT2D eigenvalue weighted by atomic mass is 127. The molecule has 0 radical (unpaired) electrons. The molecule has 2 nitrogen and oxygen atoms in total. The molecule has 0 aliphatic carbocycles. The highest BCUT2D eigenvalue weighted by molar-refractivity contribution is 14.1. The van der Waals surface area contributed by atoms with Gasteiger partial charge in [-0.15, -0.1) is 0 Å². The zero-order valence-electron chi connectivity index (χ0n) is 12.8. The highest BCUT2D eigenvalue weighted by Gasteiger charge is 2.30. The number of aryl methyl sites for hydroxylation is 1. The summed E-state index contributed by atoms with van der Waals surface area (Å²) in [4.78, 5) is 4.38. The summed E-state index contributed by atoms with van der Waals surface area (Å²) < 4.78 is 41.1. The van der Waals surface area contributed by atoms with E-state index in [2.05, 4.69) is 27.6 Å². The maximum Gasteiger partial charge on any atom is 0.416 e. The summed E-state index contributed by atoms with van der Waals surface area (Å²) in [7, 11) is 0. The summed E-state index contributed by atoms with van der Waals surface area (Å²) in [5.41, 5.74) is 2.33. The Balaban J connectivity index is 1.97. The molecule has 1 heterocycles. The fraction of sp³-hybridized carbons (Fsp3) is 0.167. The molecule has 0 atom stereocenters. The number of nitrogens with zero attached hydrogens (tertiary/aromatic N) is 2. The molecule has 0 aliphatic heterocycles. The van der Waals surface area contributed by atoms with Gasteiger partial charge in [-0.2, -0.15) is 13.2 Å². The minimum absolute atomic E-state index is 0.626. The molecule has 0 bridgehead atoms. The van der Waals surface area contributed by atoms with Crippen molar-refractivity contribution in [3.05, 3.63) is 75.1 Å². The lowest BCUT2D eigenvalue weighted by molar-refractivity contribution is -0.137. The van der Waals surface area contributed by atoms with Gasteiger partial charge in [0.05, 0.1) is 18.3 Å². The molecule has 24 heavy (non-hydrogen) atoms. The van der Waals surface area contributed by atoms with Crippen molar-refractivity contribution in [1.29, 1.82) is 0 Å². The third-order valence-corrected chi connectivity index (χ3v) is 4.73. The summed E-state index contributed by atoms with van der Waals surface area (Å²) in [5.74, 6) is 0.663. The third kappa shape index (κ3) is 3.48. The number of aromatic nitrogens is 2. The third-order valence-electron chi connectivity index (χ3n) is 3.87. The first kappa shape index (κ1) is 17.0. The highest BCUT2D eigenvalue weighted by Crippen LogP contribution is 2.31. The molecule has 0 N–H and O–H groups in total. The molecule has 2 aromatic carbocycles. The molecule has 3 rings (SSSR count). The zero-order chi connectivity index (χ0) is 17.3. The molecule has 0 saturated heterocycles. The number of imidazole rings is 1. The second-order valence-corrected chi connectivity index (χ2v) is 6.60. The van der Waals surface area contributed by atoms with Gasteiger partial charge in [0.2, 0.25) is 0 Å². The fourth-order valence-corrected chi connectivity index (χ4v) is 3.04. The van der Waals surface area contributed by atoms with Crippen molar-refractivity contribution in [2.24, 2.45) is 0 Å². The zero-order valence-corrected chi connectivity index (χ0v) is 15.0. The Morgan fingerprint density at radius 3 is 2.33 bits per heavy atom. The first-order valence-corrected chi connectivity index (χ1v) is 8.37. The molecule has 0 spiro atoms. The van der Waals surface area contributed by atoms with Crippen molar-refractivity contribution in [2.45, 2.75) is 19.6 Å². The molecule has 0 fully saturated rings. The van der Waals surface area contributed by atoms with Gasteiger partial charge >= 0.3 is 6.18 Å². The second kappa shape index (κ2) is 6.58. The number of halogens is 4. The van der Waals surface area contributed by atoms with Crippen LogP contribution in [0.3, 0.4) is 0 Å². The Labute approximate surface area is 151 Å². The van der Waals surface area contributed by atoms with Crippen LogP contribution in [0.5, 0.6) is 0 Å². The van der Waals surface area contributed by atoms with Crippen LogP contribution in [0.15, 0.2) is 54.7 Å². The summed E-state index contributed by atoms with van der Waals surface area (Å²) >= 11 is 2.19. The molecular formula is C18H14F3IN2. The van der Waals surface area contributed by atoms with Crippen LogP contribution in [0.4, 0.5) is 13.2 Å². The number of alkyl halides is 3. The number of hydrogen-bond donors (Lipinski definition) is 0. The van der Waals surface area contributed by atoms with Gasteiger partial charge in [-0.25, -0.2) is 4.98 Å². The lowest BCUT2D eigenvalue weighted by Gasteiger charge is -2.12. The van der Waals surface area contributed by atoms with E-state index in [0.717, 1.165) is 21.4 Å². The average molecular weight is 442 g/mol. The summed E-state index contributed by atoms with van der Waals surface area (Å²) in [6, 6.07) is 13.2. The molecule has 124 valence electrons. The predicted molar refractivity (Wildman–Crippen MR) is 95.7 cm³/mol. The maximum absolute atomic E-state index is 12.7.